The molecule has 2 aromatic rings. The Morgan fingerprint density at radius 2 is 2.11 bits per heavy atom. The quantitative estimate of drug-likeness (QED) is 0.787. The van der Waals surface area contributed by atoms with Crippen molar-refractivity contribution in [2.75, 3.05) is 5.32 Å². The maximum Gasteiger partial charge on any atom is 0.353 e. The van der Waals surface area contributed by atoms with E-state index in [0.717, 1.165) is 0 Å². The molecule has 1 aromatic heterocycles. The first-order chi connectivity index (χ1) is 8.97. The van der Waals surface area contributed by atoms with Crippen molar-refractivity contribution in [3.05, 3.63) is 46.9 Å². The Balaban J connectivity index is 2.15. The highest BCUT2D eigenvalue weighted by Gasteiger charge is 2.12. The number of carbonyl (C=O) groups is 2. The van der Waals surface area contributed by atoms with Gasteiger partial charge in [-0.05, 0) is 30.7 Å². The predicted molar refractivity (Wildman–Crippen MR) is 64.6 cm³/mol. The van der Waals surface area contributed by atoms with E-state index >= 15 is 0 Å². The second kappa shape index (κ2) is 4.89. The molecule has 1 aromatic carbocycles. The smallest absolute Gasteiger partial charge is 0.353 e. The summed E-state index contributed by atoms with van der Waals surface area (Å²) in [6, 6.07) is 5.12. The molecule has 1 amide bonds. The van der Waals surface area contributed by atoms with E-state index in [0.29, 0.717) is 5.56 Å². The minimum Gasteiger partial charge on any atom is -0.477 e. The highest BCUT2D eigenvalue weighted by Crippen LogP contribution is 2.12. The van der Waals surface area contributed by atoms with E-state index in [1.165, 1.54) is 24.3 Å². The van der Waals surface area contributed by atoms with E-state index in [4.69, 9.17) is 5.11 Å². The first-order valence-electron chi connectivity index (χ1n) is 5.33. The molecule has 0 saturated carbocycles. The number of hydrogen-bond donors (Lipinski definition) is 3. The number of carboxylic acids is 1. The van der Waals surface area contributed by atoms with Crippen LogP contribution in [0.15, 0.2) is 24.3 Å². The zero-order valence-corrected chi connectivity index (χ0v) is 9.90. The second-order valence-corrected chi connectivity index (χ2v) is 3.89. The fraction of sp³-hybridized carbons (Fsp3) is 0.0833. The lowest BCUT2D eigenvalue weighted by Gasteiger charge is -2.03. The van der Waals surface area contributed by atoms with Crippen molar-refractivity contribution < 1.29 is 19.1 Å². The van der Waals surface area contributed by atoms with Crippen LogP contribution in [0.25, 0.3) is 0 Å². The summed E-state index contributed by atoms with van der Waals surface area (Å²) >= 11 is 0. The molecular weight excluding hydrogens is 253 g/mol. The molecule has 6 nitrogen and oxygen atoms in total. The third-order valence-corrected chi connectivity index (χ3v) is 2.47. The molecule has 0 unspecified atom stereocenters. The fourth-order valence-corrected chi connectivity index (χ4v) is 1.47. The lowest BCUT2D eigenvalue weighted by Crippen LogP contribution is -2.12. The number of aromatic amines is 1. The first-order valence-corrected chi connectivity index (χ1v) is 5.33. The summed E-state index contributed by atoms with van der Waals surface area (Å²) in [6.07, 6.45) is 0. The molecule has 0 aliphatic heterocycles. The van der Waals surface area contributed by atoms with E-state index in [9.17, 15) is 14.0 Å². The summed E-state index contributed by atoms with van der Waals surface area (Å²) in [6.45, 7) is 1.54. The van der Waals surface area contributed by atoms with Gasteiger partial charge in [-0.25, -0.2) is 9.18 Å². The Morgan fingerprint density at radius 3 is 2.68 bits per heavy atom. The van der Waals surface area contributed by atoms with Gasteiger partial charge in [0.25, 0.3) is 5.91 Å². The number of benzene rings is 1. The van der Waals surface area contributed by atoms with Crippen molar-refractivity contribution in [2.24, 2.45) is 0 Å². The lowest BCUT2D eigenvalue weighted by molar-refractivity contribution is 0.0690. The highest BCUT2D eigenvalue weighted by molar-refractivity contribution is 6.04. The topological polar surface area (TPSA) is 95.1 Å². The number of anilines is 1. The molecule has 0 aliphatic carbocycles. The van der Waals surface area contributed by atoms with Crippen molar-refractivity contribution in [3.63, 3.8) is 0 Å². The number of H-pyrrole nitrogens is 1. The Labute approximate surface area is 107 Å². The van der Waals surface area contributed by atoms with Crippen LogP contribution in [0.5, 0.6) is 0 Å². The maximum absolute atomic E-state index is 13.1. The first kappa shape index (κ1) is 12.7. The van der Waals surface area contributed by atoms with Gasteiger partial charge in [0.1, 0.15) is 11.5 Å². The van der Waals surface area contributed by atoms with Crippen molar-refractivity contribution in [1.82, 2.24) is 10.2 Å². The number of nitrogens with zero attached hydrogens (tertiary/aromatic N) is 1. The van der Waals surface area contributed by atoms with Gasteiger partial charge in [0.2, 0.25) is 0 Å². The molecule has 0 aliphatic rings. The minimum absolute atomic E-state index is 0.0874. The van der Waals surface area contributed by atoms with Crippen LogP contribution in [0.2, 0.25) is 0 Å². The number of aromatic nitrogens is 2. The summed E-state index contributed by atoms with van der Waals surface area (Å²) < 4.78 is 13.1. The molecule has 7 heteroatoms. The zero-order valence-electron chi connectivity index (χ0n) is 9.90. The molecule has 0 fully saturated rings. The summed E-state index contributed by atoms with van der Waals surface area (Å²) in [7, 11) is 0. The number of aromatic carboxylic acids is 1. The van der Waals surface area contributed by atoms with E-state index < -0.39 is 17.7 Å². The van der Waals surface area contributed by atoms with Gasteiger partial charge in [-0.3, -0.25) is 9.89 Å². The van der Waals surface area contributed by atoms with Crippen LogP contribution >= 0.6 is 0 Å². The average Bonchev–Trinajstić information content (AvgIpc) is 2.81. The highest BCUT2D eigenvalue weighted by atomic mass is 19.1. The van der Waals surface area contributed by atoms with Gasteiger partial charge >= 0.3 is 5.97 Å². The Hall–Kier alpha value is -2.70. The van der Waals surface area contributed by atoms with Crippen molar-refractivity contribution >= 4 is 17.7 Å². The fourth-order valence-electron chi connectivity index (χ4n) is 1.47. The number of nitrogens with one attached hydrogen (secondary N) is 2. The van der Waals surface area contributed by atoms with E-state index in [-0.39, 0.29) is 17.1 Å². The number of aryl methyl sites for hydroxylation is 1. The van der Waals surface area contributed by atoms with E-state index in [1.54, 1.807) is 6.92 Å². The number of amides is 1. The molecule has 2 rings (SSSR count). The van der Waals surface area contributed by atoms with Crippen LogP contribution in [0.3, 0.4) is 0 Å². The minimum atomic E-state index is -1.18. The summed E-state index contributed by atoms with van der Waals surface area (Å²) in [4.78, 5) is 22.4. The molecular formula is C12H10FN3O3. The Kier molecular flexibility index (Phi) is 3.28. The number of halogens is 1. The van der Waals surface area contributed by atoms with Gasteiger partial charge in [0.15, 0.2) is 5.82 Å². The number of carboxylic acid groups (broad SMARTS) is 1. The normalized spacial score (nSPS) is 10.2. The summed E-state index contributed by atoms with van der Waals surface area (Å²) in [5.41, 5.74) is 0.477. The van der Waals surface area contributed by atoms with E-state index in [1.807, 2.05) is 0 Å². The number of rotatable bonds is 3. The molecule has 1 heterocycles. The van der Waals surface area contributed by atoms with Gasteiger partial charge in [-0.15, -0.1) is 0 Å². The van der Waals surface area contributed by atoms with Gasteiger partial charge in [0.05, 0.1) is 0 Å². The van der Waals surface area contributed by atoms with Crippen molar-refractivity contribution in [2.45, 2.75) is 6.92 Å². The SMILES string of the molecule is Cc1cc(C(=O)Nc2cc(C(=O)O)[nH]n2)ccc1F. The van der Waals surface area contributed by atoms with Crippen LogP contribution in [-0.4, -0.2) is 27.2 Å². The van der Waals surface area contributed by atoms with Crippen LogP contribution in [-0.2, 0) is 0 Å². The largest absolute Gasteiger partial charge is 0.477 e. The van der Waals surface area contributed by atoms with Crippen molar-refractivity contribution in [1.29, 1.82) is 0 Å². The molecule has 19 heavy (non-hydrogen) atoms. The summed E-state index contributed by atoms with van der Waals surface area (Å²) in [5, 5.41) is 17.0. The standard InChI is InChI=1S/C12H10FN3O3/c1-6-4-7(2-3-8(6)13)11(17)14-10-5-9(12(18)19)15-16-10/h2-5H,1H3,(H,18,19)(H2,14,15,16,17). The number of carbonyl (C=O) groups excluding carboxylic acids is 1. The lowest BCUT2D eigenvalue weighted by atomic mass is 10.1. The maximum atomic E-state index is 13.1. The van der Waals surface area contributed by atoms with Gasteiger partial charge in [-0.2, -0.15) is 5.10 Å². The predicted octanol–water partition coefficient (Wildman–Crippen LogP) is 1.81. The van der Waals surface area contributed by atoms with Gasteiger partial charge in [0, 0.05) is 11.6 Å². The molecule has 3 N–H and O–H groups in total. The average molecular weight is 263 g/mol. The van der Waals surface area contributed by atoms with Crippen LogP contribution < -0.4 is 5.32 Å². The van der Waals surface area contributed by atoms with Crippen LogP contribution in [0.1, 0.15) is 26.4 Å². The second-order valence-electron chi connectivity index (χ2n) is 3.89. The monoisotopic (exact) mass is 263 g/mol. The molecule has 98 valence electrons. The molecule has 0 radical (unpaired) electrons. The van der Waals surface area contributed by atoms with Crippen molar-refractivity contribution in [3.8, 4) is 0 Å². The van der Waals surface area contributed by atoms with Crippen LogP contribution in [0.4, 0.5) is 10.2 Å². The van der Waals surface area contributed by atoms with Gasteiger partial charge < -0.3 is 10.4 Å². The molecule has 0 atom stereocenters. The molecule has 0 saturated heterocycles. The third kappa shape index (κ3) is 2.76. The summed E-state index contributed by atoms with van der Waals surface area (Å²) in [5.74, 6) is -1.98. The molecule has 0 spiro atoms. The number of hydrogen-bond acceptors (Lipinski definition) is 3. The van der Waals surface area contributed by atoms with E-state index in [2.05, 4.69) is 15.5 Å². The third-order valence-electron chi connectivity index (χ3n) is 2.47. The Bertz CT molecular complexity index is 651. The Morgan fingerprint density at radius 1 is 1.37 bits per heavy atom. The van der Waals surface area contributed by atoms with Crippen LogP contribution in [0, 0.1) is 12.7 Å². The van der Waals surface area contributed by atoms with Gasteiger partial charge in [-0.1, -0.05) is 0 Å². The molecule has 0 bridgehead atoms. The zero-order chi connectivity index (χ0) is 14.0.